The van der Waals surface area contributed by atoms with Crippen LogP contribution in [0.2, 0.25) is 10.0 Å². The van der Waals surface area contributed by atoms with E-state index in [4.69, 9.17) is 33.6 Å². The van der Waals surface area contributed by atoms with E-state index in [0.717, 1.165) is 12.8 Å². The predicted octanol–water partition coefficient (Wildman–Crippen LogP) is 3.07. The Labute approximate surface area is 199 Å². The number of halogens is 2. The van der Waals surface area contributed by atoms with Gasteiger partial charge in [0.05, 0.1) is 16.9 Å². The molecule has 174 valence electrons. The zero-order valence-corrected chi connectivity index (χ0v) is 19.4. The van der Waals surface area contributed by atoms with Gasteiger partial charge in [0, 0.05) is 23.2 Å². The minimum atomic E-state index is -0.537. The highest BCUT2D eigenvalue weighted by molar-refractivity contribution is 6.36. The molecule has 13 heteroatoms. The molecule has 0 bridgehead atoms. The molecule has 1 aliphatic carbocycles. The molecule has 1 aromatic carbocycles. The Bertz CT molecular complexity index is 1150. The number of aromatic nitrogens is 5. The summed E-state index contributed by atoms with van der Waals surface area (Å²) in [6.07, 6.45) is 7.23. The molecule has 11 nitrogen and oxygen atoms in total. The molecule has 0 saturated heterocycles. The number of carbonyl (C=O) groups excluding carboxylic acids is 1. The molecule has 4 rings (SSSR count). The SMILES string of the molecule is CN(Cc1c(C(=O)N/N=C\c2ccc(Cl)cc2Cl)nnn1-c1nonc1N)C1CCCCC1. The van der Waals surface area contributed by atoms with Gasteiger partial charge in [-0.1, -0.05) is 53.7 Å². The van der Waals surface area contributed by atoms with Crippen LogP contribution >= 0.6 is 23.2 Å². The number of hydrazone groups is 1. The number of amides is 1. The van der Waals surface area contributed by atoms with Crippen LogP contribution in [0.3, 0.4) is 0 Å². The average molecular weight is 492 g/mol. The normalized spacial score (nSPS) is 14.9. The first-order valence-electron chi connectivity index (χ1n) is 10.5. The van der Waals surface area contributed by atoms with E-state index in [2.05, 4.69) is 36.1 Å². The fourth-order valence-electron chi connectivity index (χ4n) is 3.83. The molecule has 1 saturated carbocycles. The van der Waals surface area contributed by atoms with Crippen LogP contribution < -0.4 is 11.2 Å². The molecule has 0 unspecified atom stereocenters. The Morgan fingerprint density at radius 2 is 2.12 bits per heavy atom. The number of nitrogens with one attached hydrogen (secondary N) is 1. The van der Waals surface area contributed by atoms with Gasteiger partial charge < -0.3 is 5.73 Å². The van der Waals surface area contributed by atoms with Crippen molar-refractivity contribution in [2.24, 2.45) is 5.10 Å². The molecule has 0 aliphatic heterocycles. The maximum absolute atomic E-state index is 12.9. The van der Waals surface area contributed by atoms with Crippen LogP contribution in [0.25, 0.3) is 5.82 Å². The van der Waals surface area contributed by atoms with Gasteiger partial charge in [0.1, 0.15) is 0 Å². The smallest absolute Gasteiger partial charge is 0.293 e. The van der Waals surface area contributed by atoms with Crippen LogP contribution in [0.4, 0.5) is 5.82 Å². The molecule has 2 heterocycles. The van der Waals surface area contributed by atoms with Gasteiger partial charge in [0.25, 0.3) is 5.91 Å². The summed E-state index contributed by atoms with van der Waals surface area (Å²) in [4.78, 5) is 15.1. The molecule has 0 spiro atoms. The average Bonchev–Trinajstić information content (AvgIpc) is 3.41. The monoisotopic (exact) mass is 491 g/mol. The minimum Gasteiger partial charge on any atom is -0.378 e. The van der Waals surface area contributed by atoms with Crippen LogP contribution in [0.15, 0.2) is 27.9 Å². The van der Waals surface area contributed by atoms with Crippen LogP contribution in [0, 0.1) is 0 Å². The third-order valence-electron chi connectivity index (χ3n) is 5.60. The Hall–Kier alpha value is -3.02. The molecule has 1 amide bonds. The van der Waals surface area contributed by atoms with Crippen molar-refractivity contribution in [2.75, 3.05) is 12.8 Å². The Kier molecular flexibility index (Phi) is 7.21. The van der Waals surface area contributed by atoms with Crippen molar-refractivity contribution < 1.29 is 9.42 Å². The highest BCUT2D eigenvalue weighted by atomic mass is 35.5. The highest BCUT2D eigenvalue weighted by Gasteiger charge is 2.27. The van der Waals surface area contributed by atoms with Gasteiger partial charge in [-0.05, 0) is 42.3 Å². The lowest BCUT2D eigenvalue weighted by Gasteiger charge is -2.31. The minimum absolute atomic E-state index is 0.0452. The molecule has 1 aliphatic rings. The zero-order valence-electron chi connectivity index (χ0n) is 17.9. The quantitative estimate of drug-likeness (QED) is 0.379. The number of nitrogens with zero attached hydrogens (tertiary/aromatic N) is 7. The van der Waals surface area contributed by atoms with Crippen LogP contribution in [-0.4, -0.2) is 55.4 Å². The first kappa shape index (κ1) is 23.1. The van der Waals surface area contributed by atoms with E-state index < -0.39 is 5.91 Å². The second-order valence-corrected chi connectivity index (χ2v) is 8.69. The van der Waals surface area contributed by atoms with Crippen LogP contribution in [0.1, 0.15) is 53.8 Å². The first-order valence-corrected chi connectivity index (χ1v) is 11.2. The highest BCUT2D eigenvalue weighted by Crippen LogP contribution is 2.25. The summed E-state index contributed by atoms with van der Waals surface area (Å²) in [5.41, 5.74) is 9.52. The summed E-state index contributed by atoms with van der Waals surface area (Å²) in [6, 6.07) is 5.36. The van der Waals surface area contributed by atoms with E-state index in [9.17, 15) is 4.79 Å². The van der Waals surface area contributed by atoms with E-state index in [0.29, 0.717) is 33.9 Å². The molecule has 0 radical (unpaired) electrons. The first-order chi connectivity index (χ1) is 15.9. The lowest BCUT2D eigenvalue weighted by atomic mass is 9.94. The molecule has 1 fully saturated rings. The third kappa shape index (κ3) is 5.32. The maximum atomic E-state index is 12.9. The Morgan fingerprint density at radius 1 is 1.33 bits per heavy atom. The number of hydrogen-bond acceptors (Lipinski definition) is 9. The van der Waals surface area contributed by atoms with Crippen molar-refractivity contribution in [3.8, 4) is 5.82 Å². The van der Waals surface area contributed by atoms with E-state index in [1.807, 2.05) is 7.05 Å². The number of nitrogens with two attached hydrogens (primary N) is 1. The lowest BCUT2D eigenvalue weighted by Crippen LogP contribution is -2.34. The molecule has 2 aromatic heterocycles. The fraction of sp³-hybridized carbons (Fsp3) is 0.400. The lowest BCUT2D eigenvalue weighted by molar-refractivity contribution is 0.0947. The predicted molar refractivity (Wildman–Crippen MR) is 123 cm³/mol. The van der Waals surface area contributed by atoms with Crippen molar-refractivity contribution in [2.45, 2.75) is 44.7 Å². The van der Waals surface area contributed by atoms with E-state index in [1.54, 1.807) is 18.2 Å². The number of benzene rings is 1. The van der Waals surface area contributed by atoms with Crippen LogP contribution in [0.5, 0.6) is 0 Å². The van der Waals surface area contributed by atoms with Crippen molar-refractivity contribution in [1.29, 1.82) is 0 Å². The Morgan fingerprint density at radius 3 is 2.82 bits per heavy atom. The van der Waals surface area contributed by atoms with Crippen molar-refractivity contribution in [1.82, 2.24) is 35.6 Å². The largest absolute Gasteiger partial charge is 0.378 e. The van der Waals surface area contributed by atoms with Gasteiger partial charge in [0.15, 0.2) is 5.69 Å². The molecule has 0 atom stereocenters. The van der Waals surface area contributed by atoms with Gasteiger partial charge >= 0.3 is 0 Å². The van der Waals surface area contributed by atoms with Gasteiger partial charge in [-0.25, -0.2) is 10.1 Å². The van der Waals surface area contributed by atoms with Crippen molar-refractivity contribution in [3.63, 3.8) is 0 Å². The number of nitrogen functional groups attached to an aromatic ring is 1. The molecule has 3 N–H and O–H groups in total. The number of rotatable bonds is 7. The summed E-state index contributed by atoms with van der Waals surface area (Å²) in [7, 11) is 2.01. The van der Waals surface area contributed by atoms with Crippen molar-refractivity contribution >= 4 is 41.1 Å². The molecular weight excluding hydrogens is 469 g/mol. The summed E-state index contributed by atoms with van der Waals surface area (Å²) in [6.45, 7) is 0.402. The van der Waals surface area contributed by atoms with E-state index in [1.165, 1.54) is 30.2 Å². The summed E-state index contributed by atoms with van der Waals surface area (Å²) in [5, 5.41) is 20.4. The summed E-state index contributed by atoms with van der Waals surface area (Å²) >= 11 is 12.0. The second-order valence-electron chi connectivity index (χ2n) is 7.84. The molecule has 33 heavy (non-hydrogen) atoms. The van der Waals surface area contributed by atoms with Gasteiger partial charge in [-0.2, -0.15) is 9.78 Å². The number of hydrogen-bond donors (Lipinski definition) is 2. The standard InChI is InChI=1S/C20H23Cl2N9O2/c1-30(14-5-3-2-4-6-14)11-16-17(25-29-31(16)19-18(23)27-33-28-19)20(32)26-24-10-12-7-8-13(21)9-15(12)22/h7-10,14H,2-6,11H2,1H3,(H2,23,27)(H,26,32)/b24-10-. The topological polar surface area (TPSA) is 140 Å². The van der Waals surface area contributed by atoms with Gasteiger partial charge in [0.2, 0.25) is 11.6 Å². The Balaban J connectivity index is 1.57. The van der Waals surface area contributed by atoms with E-state index in [-0.39, 0.29) is 17.3 Å². The maximum Gasteiger partial charge on any atom is 0.293 e. The second kappa shape index (κ2) is 10.3. The summed E-state index contributed by atoms with van der Waals surface area (Å²) < 4.78 is 6.08. The molecular formula is C20H23Cl2N9O2. The van der Waals surface area contributed by atoms with Gasteiger partial charge in [-0.3, -0.25) is 9.69 Å². The van der Waals surface area contributed by atoms with E-state index >= 15 is 0 Å². The summed E-state index contributed by atoms with van der Waals surface area (Å²) in [5.74, 6) is -0.321. The van der Waals surface area contributed by atoms with Crippen LogP contribution in [-0.2, 0) is 6.54 Å². The van der Waals surface area contributed by atoms with Crippen molar-refractivity contribution in [3.05, 3.63) is 45.2 Å². The third-order valence-corrected chi connectivity index (χ3v) is 6.17. The fourth-order valence-corrected chi connectivity index (χ4v) is 4.29. The number of anilines is 1. The molecule has 3 aromatic rings. The number of carbonyl (C=O) groups is 1. The van der Waals surface area contributed by atoms with Gasteiger partial charge in [-0.15, -0.1) is 5.10 Å². The zero-order chi connectivity index (χ0) is 23.4.